The minimum Gasteiger partial charge on any atom is -0.479 e. The molecule has 118 valence electrons. The van der Waals surface area contributed by atoms with Crippen molar-refractivity contribution in [3.63, 3.8) is 0 Å². The molecular formula is C15H11FN2O4S. The Kier molecular flexibility index (Phi) is 2.94. The van der Waals surface area contributed by atoms with Gasteiger partial charge in [-0.2, -0.15) is 5.06 Å². The van der Waals surface area contributed by atoms with Crippen LogP contribution in [0.25, 0.3) is 11.1 Å². The fourth-order valence-electron chi connectivity index (χ4n) is 3.20. The molecule has 0 aliphatic carbocycles. The van der Waals surface area contributed by atoms with Crippen molar-refractivity contribution >= 4 is 23.3 Å². The van der Waals surface area contributed by atoms with Crippen LogP contribution in [0.4, 0.5) is 9.18 Å². The van der Waals surface area contributed by atoms with Gasteiger partial charge in [-0.05, 0) is 28.6 Å². The van der Waals surface area contributed by atoms with Crippen LogP contribution in [0.5, 0.6) is 0 Å². The van der Waals surface area contributed by atoms with Crippen LogP contribution in [0, 0.1) is 5.82 Å². The predicted molar refractivity (Wildman–Crippen MR) is 78.6 cm³/mol. The van der Waals surface area contributed by atoms with Crippen LogP contribution in [-0.2, 0) is 4.79 Å². The van der Waals surface area contributed by atoms with E-state index in [1.807, 2.05) is 0 Å². The molecule has 4 rings (SSSR count). The third-order valence-corrected chi connectivity index (χ3v) is 5.34. The number of thiophene rings is 1. The number of carboxylic acid groups (broad SMARTS) is 1. The fraction of sp³-hybridized carbons (Fsp3) is 0.200. The number of amides is 2. The highest BCUT2D eigenvalue weighted by Gasteiger charge is 2.51. The second-order valence-electron chi connectivity index (χ2n) is 5.47. The van der Waals surface area contributed by atoms with Crippen molar-refractivity contribution in [2.24, 2.45) is 0 Å². The number of carbonyl (C=O) groups is 2. The van der Waals surface area contributed by atoms with E-state index in [1.165, 1.54) is 23.5 Å². The van der Waals surface area contributed by atoms with Gasteiger partial charge in [-0.25, -0.2) is 14.0 Å². The Balaban J connectivity index is 1.92. The molecular weight excluding hydrogens is 323 g/mol. The van der Waals surface area contributed by atoms with Gasteiger partial charge in [-0.1, -0.05) is 12.1 Å². The van der Waals surface area contributed by atoms with E-state index >= 15 is 0 Å². The van der Waals surface area contributed by atoms with Crippen molar-refractivity contribution in [2.75, 3.05) is 6.54 Å². The summed E-state index contributed by atoms with van der Waals surface area (Å²) in [5, 5.41) is 21.9. The average Bonchev–Trinajstić information content (AvgIpc) is 3.06. The van der Waals surface area contributed by atoms with Crippen LogP contribution in [0.2, 0.25) is 0 Å². The van der Waals surface area contributed by atoms with Gasteiger partial charge in [0, 0.05) is 10.4 Å². The molecule has 0 saturated carbocycles. The third kappa shape index (κ3) is 1.88. The third-order valence-electron chi connectivity index (χ3n) is 4.24. The predicted octanol–water partition coefficient (Wildman–Crippen LogP) is 2.86. The Morgan fingerprint density at radius 1 is 1.30 bits per heavy atom. The molecule has 1 aromatic carbocycles. The number of carboxylic acids is 1. The molecule has 2 amide bonds. The lowest BCUT2D eigenvalue weighted by atomic mass is 9.92. The first kappa shape index (κ1) is 14.2. The van der Waals surface area contributed by atoms with Crippen LogP contribution < -0.4 is 0 Å². The molecule has 0 spiro atoms. The largest absolute Gasteiger partial charge is 0.479 e. The summed E-state index contributed by atoms with van der Waals surface area (Å²) in [5.74, 6) is -1.54. The molecule has 2 bridgehead atoms. The van der Waals surface area contributed by atoms with E-state index in [-0.39, 0.29) is 12.4 Å². The second kappa shape index (κ2) is 4.77. The molecule has 2 N–H and O–H groups in total. The van der Waals surface area contributed by atoms with Gasteiger partial charge in [0.15, 0.2) is 6.04 Å². The Labute approximate surface area is 133 Å². The summed E-state index contributed by atoms with van der Waals surface area (Å²) in [6, 6.07) is 3.31. The van der Waals surface area contributed by atoms with Crippen molar-refractivity contribution in [1.29, 1.82) is 0 Å². The number of rotatable bonds is 2. The van der Waals surface area contributed by atoms with Gasteiger partial charge in [-0.15, -0.1) is 11.3 Å². The Hall–Kier alpha value is -2.45. The van der Waals surface area contributed by atoms with Gasteiger partial charge in [0.1, 0.15) is 11.9 Å². The summed E-state index contributed by atoms with van der Waals surface area (Å²) < 4.78 is 13.1. The summed E-state index contributed by atoms with van der Waals surface area (Å²) in [5.41, 5.74) is 1.82. The first-order valence-electron chi connectivity index (χ1n) is 6.87. The van der Waals surface area contributed by atoms with Crippen LogP contribution in [0.3, 0.4) is 0 Å². The van der Waals surface area contributed by atoms with Crippen LogP contribution >= 0.6 is 11.3 Å². The normalized spacial score (nSPS) is 22.4. The molecule has 8 heteroatoms. The maximum Gasteiger partial charge on any atom is 0.345 e. The van der Waals surface area contributed by atoms with E-state index < -0.39 is 24.1 Å². The summed E-state index contributed by atoms with van der Waals surface area (Å²) in [6.07, 6.45) is 0. The van der Waals surface area contributed by atoms with Crippen molar-refractivity contribution in [3.05, 3.63) is 45.9 Å². The molecule has 2 atom stereocenters. The van der Waals surface area contributed by atoms with E-state index in [0.29, 0.717) is 26.6 Å². The van der Waals surface area contributed by atoms with Crippen molar-refractivity contribution in [2.45, 2.75) is 12.1 Å². The monoisotopic (exact) mass is 334 g/mol. The molecule has 3 heterocycles. The van der Waals surface area contributed by atoms with Crippen molar-refractivity contribution < 1.29 is 24.3 Å². The van der Waals surface area contributed by atoms with E-state index in [1.54, 1.807) is 17.5 Å². The summed E-state index contributed by atoms with van der Waals surface area (Å²) in [7, 11) is 0. The zero-order chi connectivity index (χ0) is 16.3. The van der Waals surface area contributed by atoms with Crippen molar-refractivity contribution in [3.8, 4) is 11.1 Å². The summed E-state index contributed by atoms with van der Waals surface area (Å²) in [6.45, 7) is 0.142. The van der Waals surface area contributed by atoms with Gasteiger partial charge in [-0.3, -0.25) is 5.21 Å². The highest BCUT2D eigenvalue weighted by atomic mass is 32.1. The number of halogens is 1. The number of hydrogen-bond acceptors (Lipinski definition) is 4. The van der Waals surface area contributed by atoms with Crippen LogP contribution in [0.15, 0.2) is 29.6 Å². The number of fused-ring (bicyclic) bond motifs is 4. The van der Waals surface area contributed by atoms with Gasteiger partial charge in [0.25, 0.3) is 0 Å². The van der Waals surface area contributed by atoms with Crippen molar-refractivity contribution in [1.82, 2.24) is 9.96 Å². The molecule has 2 unspecified atom stereocenters. The molecule has 2 aliphatic rings. The lowest BCUT2D eigenvalue weighted by molar-refractivity contribution is -0.142. The van der Waals surface area contributed by atoms with Gasteiger partial charge >= 0.3 is 12.0 Å². The van der Waals surface area contributed by atoms with Gasteiger partial charge in [0.2, 0.25) is 0 Å². The molecule has 1 aromatic heterocycles. The zero-order valence-corrected chi connectivity index (χ0v) is 12.5. The molecule has 23 heavy (non-hydrogen) atoms. The van der Waals surface area contributed by atoms with Crippen LogP contribution in [0.1, 0.15) is 22.5 Å². The lowest BCUT2D eigenvalue weighted by Crippen LogP contribution is -2.38. The zero-order valence-electron chi connectivity index (χ0n) is 11.6. The number of hydroxylamine groups is 2. The van der Waals surface area contributed by atoms with Gasteiger partial charge < -0.3 is 10.0 Å². The maximum atomic E-state index is 13.1. The maximum absolute atomic E-state index is 13.1. The number of carbonyl (C=O) groups excluding carboxylic acids is 1. The molecule has 2 aromatic rings. The number of benzene rings is 1. The Bertz CT molecular complexity index is 819. The number of urea groups is 1. The van der Waals surface area contributed by atoms with Gasteiger partial charge in [0.05, 0.1) is 6.54 Å². The van der Waals surface area contributed by atoms with Crippen LogP contribution in [-0.4, -0.2) is 38.8 Å². The minimum atomic E-state index is -1.16. The SMILES string of the molecule is O=C(O)C1c2c(-c3ccc(F)cc3)csc2C2CN1C(=O)N2O. The molecule has 6 nitrogen and oxygen atoms in total. The number of hydrogen-bond donors (Lipinski definition) is 2. The smallest absolute Gasteiger partial charge is 0.345 e. The summed E-state index contributed by atoms with van der Waals surface area (Å²) >= 11 is 1.30. The quantitative estimate of drug-likeness (QED) is 0.828. The molecule has 2 aliphatic heterocycles. The first-order chi connectivity index (χ1) is 11.0. The van der Waals surface area contributed by atoms with E-state index in [4.69, 9.17) is 0 Å². The topological polar surface area (TPSA) is 81.1 Å². The molecule has 0 radical (unpaired) electrons. The van der Waals surface area contributed by atoms with E-state index in [0.717, 1.165) is 4.90 Å². The molecule has 1 saturated heterocycles. The Morgan fingerprint density at radius 3 is 2.65 bits per heavy atom. The van der Waals surface area contributed by atoms with E-state index in [9.17, 15) is 24.3 Å². The standard InChI is InChI=1S/C15H11FN2O4S/c16-8-3-1-7(2-4-8)9-6-23-13-10-5-17(15(21)18(10)22)12(11(9)13)14(19)20/h1-4,6,10,12,22H,5H2,(H,19,20). The summed E-state index contributed by atoms with van der Waals surface area (Å²) in [4.78, 5) is 25.6. The molecule has 1 fully saturated rings. The highest BCUT2D eigenvalue weighted by molar-refractivity contribution is 7.10. The Morgan fingerprint density at radius 2 is 2.00 bits per heavy atom. The fourth-order valence-corrected chi connectivity index (χ4v) is 4.39. The average molecular weight is 334 g/mol. The highest BCUT2D eigenvalue weighted by Crippen LogP contribution is 2.49. The lowest BCUT2D eigenvalue weighted by Gasteiger charge is -2.28. The minimum absolute atomic E-state index is 0.142. The van der Waals surface area contributed by atoms with E-state index in [2.05, 4.69) is 0 Å². The number of aliphatic carboxylic acids is 1. The first-order valence-corrected chi connectivity index (χ1v) is 7.75. The number of nitrogens with zero attached hydrogens (tertiary/aromatic N) is 2. The second-order valence-corrected chi connectivity index (χ2v) is 6.38.